The molecule has 6 nitrogen and oxygen atoms in total. The van der Waals surface area contributed by atoms with Crippen LogP contribution < -0.4 is 10.1 Å². The minimum atomic E-state index is -1.30. The number of carboxylic acids is 1. The number of hydrogen-bond acceptors (Lipinski definition) is 4. The van der Waals surface area contributed by atoms with E-state index < -0.39 is 29.5 Å². The minimum absolute atomic E-state index is 0.0500. The lowest BCUT2D eigenvalue weighted by Gasteiger charge is -2.27. The first-order chi connectivity index (χ1) is 19.2. The largest absolute Gasteiger partial charge is 0.480 e. The van der Waals surface area contributed by atoms with E-state index in [4.69, 9.17) is 9.47 Å². The molecule has 5 rings (SSSR count). The highest BCUT2D eigenvalue weighted by molar-refractivity contribution is 5.81. The molecule has 7 heteroatoms. The van der Waals surface area contributed by atoms with Gasteiger partial charge in [0.1, 0.15) is 18.2 Å². The Morgan fingerprint density at radius 2 is 1.50 bits per heavy atom. The summed E-state index contributed by atoms with van der Waals surface area (Å²) >= 11 is 0. The summed E-state index contributed by atoms with van der Waals surface area (Å²) in [5.41, 5.74) is 4.80. The molecule has 1 atom stereocenters. The number of carbonyl (C=O) groups is 2. The lowest BCUT2D eigenvalue weighted by Crippen LogP contribution is -2.43. The molecule has 0 saturated heterocycles. The predicted octanol–water partition coefficient (Wildman–Crippen LogP) is 6.67. The van der Waals surface area contributed by atoms with Gasteiger partial charge >= 0.3 is 12.1 Å². The number of hydrogen-bond donors (Lipinski definition) is 2. The Bertz CT molecular complexity index is 1490. The summed E-state index contributed by atoms with van der Waals surface area (Å²) in [5, 5.41) is 12.2. The molecule has 1 aliphatic carbocycles. The normalized spacial score (nSPS) is 13.2. The molecule has 204 valence electrons. The van der Waals surface area contributed by atoms with Crippen molar-refractivity contribution in [3.8, 4) is 16.9 Å². The topological polar surface area (TPSA) is 84.9 Å². The highest BCUT2D eigenvalue weighted by Gasteiger charge is 2.30. The molecule has 0 radical (unpaired) electrons. The van der Waals surface area contributed by atoms with Crippen LogP contribution in [-0.2, 0) is 21.6 Å². The number of benzene rings is 4. The minimum Gasteiger partial charge on any atom is -0.480 e. The second-order valence-electron chi connectivity index (χ2n) is 10.3. The van der Waals surface area contributed by atoms with Gasteiger partial charge in [0.15, 0.2) is 11.6 Å². The van der Waals surface area contributed by atoms with Crippen molar-refractivity contribution in [2.24, 2.45) is 0 Å². The number of alkyl carbamates (subject to hydrolysis) is 1. The van der Waals surface area contributed by atoms with E-state index in [0.29, 0.717) is 5.56 Å². The van der Waals surface area contributed by atoms with Gasteiger partial charge in [-0.15, -0.1) is 0 Å². The van der Waals surface area contributed by atoms with E-state index in [0.717, 1.165) is 27.8 Å². The number of ether oxygens (including phenoxy) is 2. The highest BCUT2D eigenvalue weighted by atomic mass is 19.1. The zero-order valence-electron chi connectivity index (χ0n) is 22.3. The average Bonchev–Trinajstić information content (AvgIpc) is 3.27. The Morgan fingerprint density at radius 1 is 0.900 bits per heavy atom. The van der Waals surface area contributed by atoms with Crippen molar-refractivity contribution in [2.75, 3.05) is 6.61 Å². The van der Waals surface area contributed by atoms with Crippen LogP contribution in [0.1, 0.15) is 42.0 Å². The third-order valence-corrected chi connectivity index (χ3v) is 7.20. The van der Waals surface area contributed by atoms with Crippen molar-refractivity contribution in [1.82, 2.24) is 5.32 Å². The first-order valence-corrected chi connectivity index (χ1v) is 13.1. The van der Waals surface area contributed by atoms with E-state index in [9.17, 15) is 19.1 Å². The highest BCUT2D eigenvalue weighted by Crippen LogP contribution is 2.44. The molecule has 0 bridgehead atoms. The van der Waals surface area contributed by atoms with Crippen LogP contribution in [0.2, 0.25) is 0 Å². The molecule has 0 heterocycles. The first kappa shape index (κ1) is 26.9. The van der Waals surface area contributed by atoms with Crippen LogP contribution in [0.25, 0.3) is 11.1 Å². The Morgan fingerprint density at radius 3 is 2.10 bits per heavy atom. The zero-order valence-corrected chi connectivity index (χ0v) is 22.3. The fourth-order valence-corrected chi connectivity index (χ4v) is 5.15. The Kier molecular flexibility index (Phi) is 7.56. The molecule has 4 aromatic rings. The van der Waals surface area contributed by atoms with Crippen molar-refractivity contribution in [1.29, 1.82) is 0 Å². The molecule has 0 saturated carbocycles. The SMILES string of the molecule is CC(C)(Oc1ccc(C[C@H](NC(=O)OCC2c3ccccc3-c3ccccc32)C(=O)O)cc1F)c1ccccc1. The van der Waals surface area contributed by atoms with Gasteiger partial charge in [0, 0.05) is 12.3 Å². The van der Waals surface area contributed by atoms with Crippen LogP contribution in [0.15, 0.2) is 97.1 Å². The number of fused-ring (bicyclic) bond motifs is 3. The Labute approximate surface area is 232 Å². The van der Waals surface area contributed by atoms with Gasteiger partial charge in [-0.25, -0.2) is 14.0 Å². The molecular weight excluding hydrogens is 509 g/mol. The van der Waals surface area contributed by atoms with Crippen LogP contribution in [0.4, 0.5) is 9.18 Å². The van der Waals surface area contributed by atoms with Gasteiger partial charge < -0.3 is 19.9 Å². The average molecular weight is 540 g/mol. The fraction of sp³-hybridized carbons (Fsp3) is 0.212. The lowest BCUT2D eigenvalue weighted by molar-refractivity contribution is -0.139. The van der Waals surface area contributed by atoms with Crippen molar-refractivity contribution in [2.45, 2.75) is 37.8 Å². The second-order valence-corrected chi connectivity index (χ2v) is 10.3. The summed E-state index contributed by atoms with van der Waals surface area (Å²) in [6, 6.07) is 28.3. The van der Waals surface area contributed by atoms with E-state index in [1.54, 1.807) is 6.07 Å². The summed E-state index contributed by atoms with van der Waals surface area (Å²) in [6.07, 6.45) is -0.974. The molecule has 2 N–H and O–H groups in total. The third kappa shape index (κ3) is 5.69. The number of amides is 1. The summed E-state index contributed by atoms with van der Waals surface area (Å²) in [6.45, 7) is 3.74. The van der Waals surface area contributed by atoms with E-state index in [1.807, 2.05) is 92.7 Å². The van der Waals surface area contributed by atoms with Crippen LogP contribution >= 0.6 is 0 Å². The van der Waals surface area contributed by atoms with Gasteiger partial charge in [0.05, 0.1) is 0 Å². The van der Waals surface area contributed by atoms with Gasteiger partial charge in [0.25, 0.3) is 0 Å². The number of nitrogens with one attached hydrogen (secondary N) is 1. The molecule has 1 amide bonds. The number of carboxylic acid groups (broad SMARTS) is 1. The number of aliphatic carboxylic acids is 1. The molecule has 40 heavy (non-hydrogen) atoms. The molecule has 0 unspecified atom stereocenters. The first-order valence-electron chi connectivity index (χ1n) is 13.1. The van der Waals surface area contributed by atoms with Crippen LogP contribution in [-0.4, -0.2) is 29.8 Å². The van der Waals surface area contributed by atoms with Crippen molar-refractivity contribution < 1.29 is 28.6 Å². The molecule has 1 aliphatic rings. The quantitative estimate of drug-likeness (QED) is 0.248. The van der Waals surface area contributed by atoms with Crippen molar-refractivity contribution in [3.63, 3.8) is 0 Å². The number of carbonyl (C=O) groups excluding carboxylic acids is 1. The zero-order chi connectivity index (χ0) is 28.3. The maximum absolute atomic E-state index is 15.0. The third-order valence-electron chi connectivity index (χ3n) is 7.20. The maximum Gasteiger partial charge on any atom is 0.407 e. The molecule has 0 fully saturated rings. The van der Waals surface area contributed by atoms with Crippen LogP contribution in [0, 0.1) is 5.82 Å². The molecule has 0 spiro atoms. The standard InChI is InChI=1S/C33H30FNO5/c1-33(2,22-10-4-3-5-11-22)40-30-17-16-21(18-28(30)34)19-29(31(36)37)35-32(38)39-20-27-25-14-8-6-12-23(25)24-13-7-9-15-26(24)27/h3-18,27,29H,19-20H2,1-2H3,(H,35,38)(H,36,37)/t29-/m0/s1. The molecule has 0 aliphatic heterocycles. The van der Waals surface area contributed by atoms with Crippen LogP contribution in [0.5, 0.6) is 5.75 Å². The number of rotatable bonds is 9. The van der Waals surface area contributed by atoms with E-state index in [1.165, 1.54) is 12.1 Å². The molecule has 0 aromatic heterocycles. The smallest absolute Gasteiger partial charge is 0.407 e. The monoisotopic (exact) mass is 539 g/mol. The van der Waals surface area contributed by atoms with E-state index >= 15 is 0 Å². The summed E-state index contributed by atoms with van der Waals surface area (Å²) in [5.74, 6) is -1.97. The van der Waals surface area contributed by atoms with Gasteiger partial charge in [-0.1, -0.05) is 84.9 Å². The molecular formula is C33H30FNO5. The van der Waals surface area contributed by atoms with Crippen molar-refractivity contribution >= 4 is 12.1 Å². The van der Waals surface area contributed by atoms with Gasteiger partial charge in [0.2, 0.25) is 0 Å². The summed E-state index contributed by atoms with van der Waals surface area (Å²) < 4.78 is 26.4. The molecule has 4 aromatic carbocycles. The number of halogens is 1. The lowest BCUT2D eigenvalue weighted by atomic mass is 9.98. The second kappa shape index (κ2) is 11.2. The van der Waals surface area contributed by atoms with Crippen molar-refractivity contribution in [3.05, 3.63) is 125 Å². The summed E-state index contributed by atoms with van der Waals surface area (Å²) in [7, 11) is 0. The van der Waals surface area contributed by atoms with Crippen LogP contribution in [0.3, 0.4) is 0 Å². The Hall–Kier alpha value is -4.65. The summed E-state index contributed by atoms with van der Waals surface area (Å²) in [4.78, 5) is 24.6. The van der Waals surface area contributed by atoms with E-state index in [-0.39, 0.29) is 24.7 Å². The van der Waals surface area contributed by atoms with Gasteiger partial charge in [-0.2, -0.15) is 0 Å². The maximum atomic E-state index is 15.0. The Balaban J connectivity index is 1.22. The fourth-order valence-electron chi connectivity index (χ4n) is 5.15. The van der Waals surface area contributed by atoms with Gasteiger partial charge in [-0.3, -0.25) is 0 Å². The predicted molar refractivity (Wildman–Crippen MR) is 150 cm³/mol. The van der Waals surface area contributed by atoms with E-state index in [2.05, 4.69) is 5.32 Å². The van der Waals surface area contributed by atoms with Gasteiger partial charge in [-0.05, 0) is 59.4 Å².